The second-order valence-electron chi connectivity index (χ2n) is 14.2. The van der Waals surface area contributed by atoms with Crippen molar-refractivity contribution < 1.29 is 0 Å². The lowest BCUT2D eigenvalue weighted by atomic mass is 9.91. The maximum absolute atomic E-state index is 5.34. The highest BCUT2D eigenvalue weighted by atomic mass is 15.2. The number of pyridine rings is 3. The van der Waals surface area contributed by atoms with Crippen molar-refractivity contribution in [3.63, 3.8) is 0 Å². The first-order valence-corrected chi connectivity index (χ1v) is 18.1. The minimum absolute atomic E-state index is 0.0255. The largest absolute Gasteiger partial charge is 0.380 e. The molecule has 0 saturated carbocycles. The van der Waals surface area contributed by atoms with Crippen molar-refractivity contribution in [3.8, 4) is 11.3 Å². The maximum Gasteiger partial charge on any atom is 0.150 e. The molecule has 1 aromatic carbocycles. The molecule has 8 rings (SSSR count). The summed E-state index contributed by atoms with van der Waals surface area (Å²) in [6.45, 7) is 8.30. The van der Waals surface area contributed by atoms with E-state index in [2.05, 4.69) is 153 Å². The molecular formula is C45H43N7. The Labute approximate surface area is 306 Å². The van der Waals surface area contributed by atoms with Crippen LogP contribution < -0.4 is 10.6 Å². The number of dihydropyridines is 1. The first-order valence-electron chi connectivity index (χ1n) is 18.1. The maximum atomic E-state index is 5.34. The highest BCUT2D eigenvalue weighted by molar-refractivity contribution is 6.17. The van der Waals surface area contributed by atoms with Crippen LogP contribution in [0.15, 0.2) is 149 Å². The molecule has 4 aliphatic rings. The average Bonchev–Trinajstić information content (AvgIpc) is 3.19. The molecule has 0 radical (unpaired) electrons. The lowest BCUT2D eigenvalue weighted by Gasteiger charge is -2.28. The van der Waals surface area contributed by atoms with E-state index in [0.717, 1.165) is 80.6 Å². The van der Waals surface area contributed by atoms with Gasteiger partial charge in [0.15, 0.2) is 6.17 Å². The van der Waals surface area contributed by atoms with Crippen LogP contribution in [0.25, 0.3) is 16.8 Å². The van der Waals surface area contributed by atoms with E-state index in [0.29, 0.717) is 0 Å². The summed E-state index contributed by atoms with van der Waals surface area (Å²) in [6.07, 6.45) is 27.0. The molecule has 258 valence electrons. The lowest BCUT2D eigenvalue weighted by molar-refractivity contribution is 0.517. The SMILES string of the molecule is CC1=CNC(c2cc(C3=NC(C4C=CC(c5ccc(C)cn5)=CC4)N=C(C4=CCC(c5ccc(C)cn5)C=C4)N3)cc(-c3ccc(C)cn3)c2)C=C1. The first-order chi connectivity index (χ1) is 25.3. The van der Waals surface area contributed by atoms with Gasteiger partial charge in [-0.05, 0) is 110 Å². The Balaban J connectivity index is 1.15. The predicted molar refractivity (Wildman–Crippen MR) is 212 cm³/mol. The quantitative estimate of drug-likeness (QED) is 0.203. The summed E-state index contributed by atoms with van der Waals surface area (Å²) < 4.78 is 0. The van der Waals surface area contributed by atoms with Crippen LogP contribution >= 0.6 is 0 Å². The second-order valence-corrected chi connectivity index (χ2v) is 14.2. The molecule has 0 spiro atoms. The van der Waals surface area contributed by atoms with Crippen molar-refractivity contribution in [2.45, 2.75) is 58.7 Å². The molecule has 2 aliphatic carbocycles. The van der Waals surface area contributed by atoms with Gasteiger partial charge in [0, 0.05) is 59.0 Å². The molecule has 0 saturated heterocycles. The van der Waals surface area contributed by atoms with E-state index in [4.69, 9.17) is 20.0 Å². The molecule has 0 bridgehead atoms. The molecule has 5 heterocycles. The van der Waals surface area contributed by atoms with Gasteiger partial charge in [-0.2, -0.15) is 0 Å². The van der Waals surface area contributed by atoms with Crippen LogP contribution in [0.1, 0.15) is 70.9 Å². The zero-order valence-corrected chi connectivity index (χ0v) is 30.1. The van der Waals surface area contributed by atoms with Gasteiger partial charge in [-0.15, -0.1) is 0 Å². The topological polar surface area (TPSA) is 87.5 Å². The number of aryl methyl sites for hydroxylation is 3. The van der Waals surface area contributed by atoms with Crippen LogP contribution in [0.3, 0.4) is 0 Å². The second kappa shape index (κ2) is 14.3. The molecule has 0 fully saturated rings. The fourth-order valence-electron chi connectivity index (χ4n) is 6.89. The monoisotopic (exact) mass is 681 g/mol. The summed E-state index contributed by atoms with van der Waals surface area (Å²) in [7, 11) is 0. The predicted octanol–water partition coefficient (Wildman–Crippen LogP) is 8.97. The van der Waals surface area contributed by atoms with Crippen LogP contribution in [0, 0.1) is 26.7 Å². The van der Waals surface area contributed by atoms with Crippen molar-refractivity contribution in [1.29, 1.82) is 0 Å². The molecule has 4 atom stereocenters. The minimum Gasteiger partial charge on any atom is -0.380 e. The zero-order chi connectivity index (χ0) is 35.6. The van der Waals surface area contributed by atoms with E-state index in [9.17, 15) is 0 Å². The van der Waals surface area contributed by atoms with E-state index in [1.54, 1.807) is 0 Å². The van der Waals surface area contributed by atoms with Gasteiger partial charge < -0.3 is 10.6 Å². The van der Waals surface area contributed by atoms with Gasteiger partial charge in [-0.25, -0.2) is 9.98 Å². The fraction of sp³-hybridized carbons (Fsp3) is 0.222. The van der Waals surface area contributed by atoms with Crippen molar-refractivity contribution in [2.75, 3.05) is 0 Å². The standard InChI is InChI=1S/C45H43N7/c1-28-5-17-39(46-24-28)32-9-13-34(14-10-32)43-50-44(35-15-11-33(12-16-35)40-18-6-29(2)25-47-40)52-45(51-43)38-22-36(41-19-7-30(3)26-48-41)21-37(23-38)42-20-8-31(4)27-49-42/h5-11,13,15-27,33-34,41,43,48H,12,14H2,1-4H3,(H,50,51,52). The fourth-order valence-corrected chi connectivity index (χ4v) is 6.89. The number of aromatic nitrogens is 3. The molecule has 7 heteroatoms. The molecule has 52 heavy (non-hydrogen) atoms. The highest BCUT2D eigenvalue weighted by Crippen LogP contribution is 2.32. The number of amidine groups is 2. The van der Waals surface area contributed by atoms with E-state index in [1.165, 1.54) is 11.1 Å². The Hall–Kier alpha value is -5.95. The Morgan fingerprint density at radius 1 is 0.615 bits per heavy atom. The molecule has 0 amide bonds. The minimum atomic E-state index is -0.306. The number of benzene rings is 1. The van der Waals surface area contributed by atoms with Crippen molar-refractivity contribution in [1.82, 2.24) is 25.6 Å². The molecular weight excluding hydrogens is 639 g/mol. The van der Waals surface area contributed by atoms with Crippen LogP contribution in [0.5, 0.6) is 0 Å². The zero-order valence-electron chi connectivity index (χ0n) is 30.1. The molecule has 4 aromatic rings. The average molecular weight is 682 g/mol. The number of allylic oxidation sites excluding steroid dienone is 7. The normalized spacial score (nSPS) is 22.3. The van der Waals surface area contributed by atoms with Crippen LogP contribution in [0.4, 0.5) is 0 Å². The third kappa shape index (κ3) is 7.26. The number of rotatable bonds is 7. The van der Waals surface area contributed by atoms with E-state index in [1.807, 2.05) is 18.6 Å². The van der Waals surface area contributed by atoms with Gasteiger partial charge in [0.2, 0.25) is 0 Å². The Kier molecular flexibility index (Phi) is 9.16. The number of hydrogen-bond donors (Lipinski definition) is 2. The Bertz CT molecular complexity index is 2230. The van der Waals surface area contributed by atoms with Crippen LogP contribution in [-0.4, -0.2) is 32.8 Å². The van der Waals surface area contributed by atoms with Gasteiger partial charge in [-0.1, -0.05) is 66.8 Å². The van der Waals surface area contributed by atoms with Gasteiger partial charge in [0.05, 0.1) is 17.4 Å². The summed E-state index contributed by atoms with van der Waals surface area (Å²) in [6, 6.07) is 19.4. The van der Waals surface area contributed by atoms with Crippen molar-refractivity contribution in [2.24, 2.45) is 15.9 Å². The highest BCUT2D eigenvalue weighted by Gasteiger charge is 2.28. The van der Waals surface area contributed by atoms with Crippen molar-refractivity contribution in [3.05, 3.63) is 178 Å². The van der Waals surface area contributed by atoms with E-state index < -0.39 is 0 Å². The molecule has 7 nitrogen and oxygen atoms in total. The molecule has 4 unspecified atom stereocenters. The van der Waals surface area contributed by atoms with Crippen LogP contribution in [0.2, 0.25) is 0 Å². The van der Waals surface area contributed by atoms with Gasteiger partial charge in [0.25, 0.3) is 0 Å². The van der Waals surface area contributed by atoms with Crippen molar-refractivity contribution >= 4 is 17.2 Å². The molecule has 2 aliphatic heterocycles. The number of nitrogens with zero attached hydrogens (tertiary/aromatic N) is 5. The van der Waals surface area contributed by atoms with Gasteiger partial charge in [-0.3, -0.25) is 15.0 Å². The van der Waals surface area contributed by atoms with E-state index in [-0.39, 0.29) is 24.0 Å². The first kappa shape index (κ1) is 33.2. The van der Waals surface area contributed by atoms with Gasteiger partial charge in [0.1, 0.15) is 11.7 Å². The third-order valence-electron chi connectivity index (χ3n) is 10.0. The van der Waals surface area contributed by atoms with E-state index >= 15 is 0 Å². The van der Waals surface area contributed by atoms with Crippen LogP contribution in [-0.2, 0) is 0 Å². The summed E-state index contributed by atoms with van der Waals surface area (Å²) in [4.78, 5) is 24.8. The number of aliphatic imine (C=N–C) groups is 2. The smallest absolute Gasteiger partial charge is 0.150 e. The summed E-state index contributed by atoms with van der Waals surface area (Å²) in [5.74, 6) is 1.96. The lowest BCUT2D eigenvalue weighted by Crippen LogP contribution is -2.40. The molecule has 3 aromatic heterocycles. The molecule has 2 N–H and O–H groups in total. The number of nitrogens with one attached hydrogen (secondary N) is 2. The Morgan fingerprint density at radius 3 is 1.94 bits per heavy atom. The third-order valence-corrected chi connectivity index (χ3v) is 10.0. The summed E-state index contributed by atoms with van der Waals surface area (Å²) in [5.41, 5.74) is 13.0. The summed E-state index contributed by atoms with van der Waals surface area (Å²) >= 11 is 0. The van der Waals surface area contributed by atoms with Gasteiger partial charge >= 0.3 is 0 Å². The number of hydrogen-bond acceptors (Lipinski definition) is 7. The Morgan fingerprint density at radius 2 is 1.31 bits per heavy atom. The summed E-state index contributed by atoms with van der Waals surface area (Å²) in [5, 5.41) is 7.25.